The third kappa shape index (κ3) is 7.96. The molecule has 3 heteroatoms. The fraction of sp³-hybridized carbons (Fsp3) is 0.688. The van der Waals surface area contributed by atoms with Crippen LogP contribution in [0.3, 0.4) is 0 Å². The predicted octanol–water partition coefficient (Wildman–Crippen LogP) is 3.07. The van der Waals surface area contributed by atoms with Crippen LogP contribution < -0.4 is 5.32 Å². The molecule has 0 amide bonds. The number of rotatable bonds is 8. The van der Waals surface area contributed by atoms with E-state index in [0.29, 0.717) is 0 Å². The lowest BCUT2D eigenvalue weighted by Crippen LogP contribution is -2.36. The number of hydrogen-bond donors (Lipinski definition) is 1. The van der Waals surface area contributed by atoms with Crippen LogP contribution in [0.15, 0.2) is 24.4 Å². The van der Waals surface area contributed by atoms with Crippen molar-refractivity contribution in [3.05, 3.63) is 30.1 Å². The number of pyridine rings is 1. The van der Waals surface area contributed by atoms with E-state index in [4.69, 9.17) is 0 Å². The van der Waals surface area contributed by atoms with E-state index in [-0.39, 0.29) is 5.54 Å². The highest BCUT2D eigenvalue weighted by Gasteiger charge is 2.08. The van der Waals surface area contributed by atoms with E-state index in [9.17, 15) is 0 Å². The van der Waals surface area contributed by atoms with E-state index >= 15 is 0 Å². The van der Waals surface area contributed by atoms with Gasteiger partial charge >= 0.3 is 0 Å². The van der Waals surface area contributed by atoms with Gasteiger partial charge in [-0.25, -0.2) is 0 Å². The molecule has 1 heterocycles. The molecule has 1 aromatic heterocycles. The molecule has 19 heavy (non-hydrogen) atoms. The van der Waals surface area contributed by atoms with Crippen molar-refractivity contribution >= 4 is 0 Å². The van der Waals surface area contributed by atoms with Gasteiger partial charge in [0.15, 0.2) is 0 Å². The largest absolute Gasteiger partial charge is 0.312 e. The number of nitrogens with zero attached hydrogens (tertiary/aromatic N) is 2. The second-order valence-electron chi connectivity index (χ2n) is 6.07. The molecule has 0 unspecified atom stereocenters. The zero-order valence-electron chi connectivity index (χ0n) is 12.9. The SMILES string of the molecule is CCN(CCCCNC(C)(C)C)Cc1ccccn1. The minimum absolute atomic E-state index is 0.235. The smallest absolute Gasteiger partial charge is 0.0543 e. The molecule has 0 saturated carbocycles. The molecule has 0 bridgehead atoms. The van der Waals surface area contributed by atoms with Crippen molar-refractivity contribution in [3.8, 4) is 0 Å². The number of hydrogen-bond acceptors (Lipinski definition) is 3. The van der Waals surface area contributed by atoms with Crippen molar-refractivity contribution in [1.82, 2.24) is 15.2 Å². The van der Waals surface area contributed by atoms with Gasteiger partial charge in [-0.3, -0.25) is 9.88 Å². The Morgan fingerprint density at radius 1 is 1.21 bits per heavy atom. The maximum atomic E-state index is 4.39. The van der Waals surface area contributed by atoms with E-state index in [1.807, 2.05) is 12.3 Å². The van der Waals surface area contributed by atoms with Crippen LogP contribution in [0.2, 0.25) is 0 Å². The Hall–Kier alpha value is -0.930. The normalized spacial score (nSPS) is 12.1. The van der Waals surface area contributed by atoms with Crippen molar-refractivity contribution in [2.75, 3.05) is 19.6 Å². The van der Waals surface area contributed by atoms with E-state index in [1.54, 1.807) is 0 Å². The monoisotopic (exact) mass is 263 g/mol. The maximum Gasteiger partial charge on any atom is 0.0543 e. The van der Waals surface area contributed by atoms with Gasteiger partial charge in [0.05, 0.1) is 5.69 Å². The average molecular weight is 263 g/mol. The van der Waals surface area contributed by atoms with Gasteiger partial charge in [-0.1, -0.05) is 13.0 Å². The van der Waals surface area contributed by atoms with E-state index in [2.05, 4.69) is 55.0 Å². The van der Waals surface area contributed by atoms with Crippen LogP contribution in [0.5, 0.6) is 0 Å². The van der Waals surface area contributed by atoms with Crippen molar-refractivity contribution in [3.63, 3.8) is 0 Å². The Kier molecular flexibility index (Phi) is 7.03. The molecule has 0 aliphatic rings. The summed E-state index contributed by atoms with van der Waals surface area (Å²) in [4.78, 5) is 6.85. The summed E-state index contributed by atoms with van der Waals surface area (Å²) >= 11 is 0. The molecule has 1 aromatic rings. The minimum Gasteiger partial charge on any atom is -0.312 e. The maximum absolute atomic E-state index is 4.39. The first-order valence-corrected chi connectivity index (χ1v) is 7.38. The van der Waals surface area contributed by atoms with E-state index < -0.39 is 0 Å². The fourth-order valence-corrected chi connectivity index (χ4v) is 1.99. The van der Waals surface area contributed by atoms with Gasteiger partial charge in [-0.2, -0.15) is 0 Å². The zero-order chi connectivity index (χ0) is 14.1. The van der Waals surface area contributed by atoms with Gasteiger partial charge in [0.2, 0.25) is 0 Å². The third-order valence-corrected chi connectivity index (χ3v) is 3.12. The summed E-state index contributed by atoms with van der Waals surface area (Å²) in [7, 11) is 0. The molecule has 0 fully saturated rings. The second-order valence-corrected chi connectivity index (χ2v) is 6.07. The molecule has 0 radical (unpaired) electrons. The van der Waals surface area contributed by atoms with Gasteiger partial charge in [-0.15, -0.1) is 0 Å². The Bertz CT molecular complexity index is 330. The first-order valence-electron chi connectivity index (χ1n) is 7.38. The van der Waals surface area contributed by atoms with Crippen LogP contribution in [0, 0.1) is 0 Å². The zero-order valence-corrected chi connectivity index (χ0v) is 12.9. The first-order chi connectivity index (χ1) is 9.01. The Balaban J connectivity index is 2.19. The summed E-state index contributed by atoms with van der Waals surface area (Å²) in [6.07, 6.45) is 4.34. The molecule has 3 nitrogen and oxygen atoms in total. The Morgan fingerprint density at radius 2 is 2.00 bits per heavy atom. The van der Waals surface area contributed by atoms with Gasteiger partial charge < -0.3 is 5.32 Å². The van der Waals surface area contributed by atoms with E-state index in [0.717, 1.165) is 31.9 Å². The Morgan fingerprint density at radius 3 is 2.58 bits per heavy atom. The van der Waals surface area contributed by atoms with Crippen LogP contribution in [-0.4, -0.2) is 35.1 Å². The van der Waals surface area contributed by atoms with Gasteiger partial charge in [0.1, 0.15) is 0 Å². The lowest BCUT2D eigenvalue weighted by molar-refractivity contribution is 0.268. The highest BCUT2D eigenvalue weighted by molar-refractivity contribution is 5.03. The molecular formula is C16H29N3. The molecule has 0 atom stereocenters. The van der Waals surface area contributed by atoms with Crippen LogP contribution in [0.1, 0.15) is 46.2 Å². The summed E-state index contributed by atoms with van der Waals surface area (Å²) in [5.41, 5.74) is 1.40. The van der Waals surface area contributed by atoms with Gasteiger partial charge in [0, 0.05) is 18.3 Å². The van der Waals surface area contributed by atoms with Crippen molar-refractivity contribution in [1.29, 1.82) is 0 Å². The number of unbranched alkanes of at least 4 members (excludes halogenated alkanes) is 1. The molecular weight excluding hydrogens is 234 g/mol. The van der Waals surface area contributed by atoms with Gasteiger partial charge in [-0.05, 0) is 65.4 Å². The van der Waals surface area contributed by atoms with Crippen molar-refractivity contribution in [2.45, 2.75) is 52.6 Å². The quantitative estimate of drug-likeness (QED) is 0.731. The summed E-state index contributed by atoms with van der Waals surface area (Å²) in [5, 5.41) is 3.53. The summed E-state index contributed by atoms with van der Waals surface area (Å²) in [6, 6.07) is 6.13. The average Bonchev–Trinajstić information content (AvgIpc) is 2.37. The topological polar surface area (TPSA) is 28.2 Å². The van der Waals surface area contributed by atoms with Crippen LogP contribution in [0.4, 0.5) is 0 Å². The summed E-state index contributed by atoms with van der Waals surface area (Å²) in [5.74, 6) is 0. The fourth-order valence-electron chi connectivity index (χ4n) is 1.99. The molecule has 0 saturated heterocycles. The van der Waals surface area contributed by atoms with Crippen LogP contribution >= 0.6 is 0 Å². The highest BCUT2D eigenvalue weighted by Crippen LogP contribution is 2.04. The standard InChI is InChI=1S/C16H29N3/c1-5-19(14-15-10-6-7-11-17-15)13-9-8-12-18-16(2,3)4/h6-7,10-11,18H,5,8-9,12-14H2,1-4H3. The highest BCUT2D eigenvalue weighted by atomic mass is 15.1. The molecule has 1 N–H and O–H groups in total. The van der Waals surface area contributed by atoms with Crippen LogP contribution in [-0.2, 0) is 6.54 Å². The molecule has 0 spiro atoms. The number of nitrogens with one attached hydrogen (secondary N) is 1. The Labute approximate surface area is 118 Å². The lowest BCUT2D eigenvalue weighted by Gasteiger charge is -2.22. The minimum atomic E-state index is 0.235. The first kappa shape index (κ1) is 16.1. The lowest BCUT2D eigenvalue weighted by atomic mass is 10.1. The molecule has 0 aliphatic carbocycles. The summed E-state index contributed by atoms with van der Waals surface area (Å²) in [6.45, 7) is 13.2. The molecule has 0 aromatic carbocycles. The summed E-state index contributed by atoms with van der Waals surface area (Å²) < 4.78 is 0. The number of aromatic nitrogens is 1. The van der Waals surface area contributed by atoms with Crippen molar-refractivity contribution < 1.29 is 0 Å². The molecule has 0 aliphatic heterocycles. The van der Waals surface area contributed by atoms with Gasteiger partial charge in [0.25, 0.3) is 0 Å². The predicted molar refractivity (Wildman–Crippen MR) is 82.2 cm³/mol. The van der Waals surface area contributed by atoms with E-state index in [1.165, 1.54) is 12.8 Å². The second kappa shape index (κ2) is 8.28. The third-order valence-electron chi connectivity index (χ3n) is 3.12. The van der Waals surface area contributed by atoms with Crippen LogP contribution in [0.25, 0.3) is 0 Å². The molecule has 1 rings (SSSR count). The van der Waals surface area contributed by atoms with Crippen molar-refractivity contribution in [2.24, 2.45) is 0 Å². The molecule has 108 valence electrons.